The molecular formula is C13H8Cl3NO3. The van der Waals surface area contributed by atoms with E-state index in [4.69, 9.17) is 34.8 Å². The van der Waals surface area contributed by atoms with Crippen LogP contribution in [0.15, 0.2) is 29.2 Å². The summed E-state index contributed by atoms with van der Waals surface area (Å²) in [6, 6.07) is 4.12. The molecule has 2 aromatic rings. The zero-order valence-corrected chi connectivity index (χ0v) is 12.4. The van der Waals surface area contributed by atoms with Crippen molar-refractivity contribution in [2.24, 2.45) is 0 Å². The van der Waals surface area contributed by atoms with Gasteiger partial charge in [0.1, 0.15) is 0 Å². The molecule has 2 rings (SSSR count). The standard InChI is InChI=1S/C13H8Cl3NO3/c1-20-13(19)7-3-12(18)17-5-8(7)6-2-10(15)11(16)4-9(6)14/h2-5H,1H3,(H,17,18). The van der Waals surface area contributed by atoms with E-state index in [1.165, 1.54) is 25.4 Å². The minimum absolute atomic E-state index is 0.0940. The first kappa shape index (κ1) is 14.9. The summed E-state index contributed by atoms with van der Waals surface area (Å²) in [7, 11) is 1.23. The number of carbonyl (C=O) groups is 1. The fourth-order valence-electron chi connectivity index (χ4n) is 1.70. The average molecular weight is 333 g/mol. The van der Waals surface area contributed by atoms with Crippen LogP contribution in [0.25, 0.3) is 11.1 Å². The summed E-state index contributed by atoms with van der Waals surface area (Å²) in [4.78, 5) is 25.6. The fourth-order valence-corrected chi connectivity index (χ4v) is 2.35. The number of rotatable bonds is 2. The number of hydrogen-bond acceptors (Lipinski definition) is 3. The molecule has 0 fully saturated rings. The predicted molar refractivity (Wildman–Crippen MR) is 78.9 cm³/mol. The highest BCUT2D eigenvalue weighted by molar-refractivity contribution is 6.44. The summed E-state index contributed by atoms with van der Waals surface area (Å²) in [5, 5.41) is 0.883. The average Bonchev–Trinajstić information content (AvgIpc) is 2.42. The second-order valence-corrected chi connectivity index (χ2v) is 5.08. The Morgan fingerprint density at radius 2 is 1.70 bits per heavy atom. The third-order valence-corrected chi connectivity index (χ3v) is 3.66. The Morgan fingerprint density at radius 3 is 2.35 bits per heavy atom. The van der Waals surface area contributed by atoms with Gasteiger partial charge in [0.05, 0.1) is 27.7 Å². The third kappa shape index (κ3) is 2.82. The van der Waals surface area contributed by atoms with Gasteiger partial charge in [0.2, 0.25) is 5.56 Å². The SMILES string of the molecule is COC(=O)c1cc(=O)[nH]cc1-c1cc(Cl)c(Cl)cc1Cl. The van der Waals surface area contributed by atoms with E-state index in [0.29, 0.717) is 21.2 Å². The summed E-state index contributed by atoms with van der Waals surface area (Å²) < 4.78 is 4.65. The molecule has 4 nitrogen and oxygen atoms in total. The second-order valence-electron chi connectivity index (χ2n) is 3.86. The van der Waals surface area contributed by atoms with Crippen LogP contribution in [0.5, 0.6) is 0 Å². The molecule has 0 spiro atoms. The van der Waals surface area contributed by atoms with Crippen molar-refractivity contribution >= 4 is 40.8 Å². The molecule has 0 saturated carbocycles. The van der Waals surface area contributed by atoms with Crippen molar-refractivity contribution in [3.05, 3.63) is 55.4 Å². The van der Waals surface area contributed by atoms with Gasteiger partial charge in [-0.1, -0.05) is 34.8 Å². The Hall–Kier alpha value is -1.49. The summed E-state index contributed by atoms with van der Waals surface area (Å²) in [6.45, 7) is 0. The van der Waals surface area contributed by atoms with Crippen molar-refractivity contribution in [2.75, 3.05) is 7.11 Å². The lowest BCUT2D eigenvalue weighted by Crippen LogP contribution is -2.12. The zero-order valence-electron chi connectivity index (χ0n) is 10.2. The van der Waals surface area contributed by atoms with Gasteiger partial charge in [-0.05, 0) is 12.1 Å². The number of ether oxygens (including phenoxy) is 1. The molecule has 1 N–H and O–H groups in total. The Morgan fingerprint density at radius 1 is 1.05 bits per heavy atom. The van der Waals surface area contributed by atoms with Crippen molar-refractivity contribution in [1.29, 1.82) is 0 Å². The van der Waals surface area contributed by atoms with E-state index in [9.17, 15) is 9.59 Å². The Bertz CT molecular complexity index is 740. The maximum Gasteiger partial charge on any atom is 0.338 e. The van der Waals surface area contributed by atoms with Gasteiger partial charge in [0.15, 0.2) is 0 Å². The number of nitrogens with one attached hydrogen (secondary N) is 1. The molecule has 0 atom stereocenters. The molecule has 0 aliphatic carbocycles. The van der Waals surface area contributed by atoms with Gasteiger partial charge < -0.3 is 9.72 Å². The smallest absolute Gasteiger partial charge is 0.338 e. The molecule has 20 heavy (non-hydrogen) atoms. The van der Waals surface area contributed by atoms with Gasteiger partial charge >= 0.3 is 5.97 Å². The first-order valence-electron chi connectivity index (χ1n) is 5.40. The molecule has 104 valence electrons. The van der Waals surface area contributed by atoms with Crippen molar-refractivity contribution in [1.82, 2.24) is 4.98 Å². The maximum absolute atomic E-state index is 11.7. The van der Waals surface area contributed by atoms with Crippen molar-refractivity contribution in [3.63, 3.8) is 0 Å². The monoisotopic (exact) mass is 331 g/mol. The van der Waals surface area contributed by atoms with E-state index in [2.05, 4.69) is 9.72 Å². The normalized spacial score (nSPS) is 10.4. The molecule has 1 aromatic heterocycles. The van der Waals surface area contributed by atoms with Gasteiger partial charge in [-0.2, -0.15) is 0 Å². The lowest BCUT2D eigenvalue weighted by molar-refractivity contribution is 0.0601. The molecule has 0 amide bonds. The molecule has 0 aliphatic heterocycles. The molecular weight excluding hydrogens is 325 g/mol. The highest BCUT2D eigenvalue weighted by Gasteiger charge is 2.17. The number of H-pyrrole nitrogens is 1. The van der Waals surface area contributed by atoms with Crippen LogP contribution in [0, 0.1) is 0 Å². The molecule has 1 aromatic carbocycles. The van der Waals surface area contributed by atoms with Gasteiger partial charge in [0.25, 0.3) is 0 Å². The van der Waals surface area contributed by atoms with Gasteiger partial charge in [-0.25, -0.2) is 4.79 Å². The summed E-state index contributed by atoms with van der Waals surface area (Å²) in [5.74, 6) is -0.645. The van der Waals surface area contributed by atoms with Crippen molar-refractivity contribution in [3.8, 4) is 11.1 Å². The summed E-state index contributed by atoms with van der Waals surface area (Å²) in [5.41, 5.74) is 0.541. The topological polar surface area (TPSA) is 59.2 Å². The molecule has 0 unspecified atom stereocenters. The first-order chi connectivity index (χ1) is 9.43. The predicted octanol–water partition coefficient (Wildman–Crippen LogP) is 3.79. The number of methoxy groups -OCH3 is 1. The Balaban J connectivity index is 2.73. The van der Waals surface area contributed by atoms with E-state index < -0.39 is 11.5 Å². The van der Waals surface area contributed by atoms with E-state index >= 15 is 0 Å². The van der Waals surface area contributed by atoms with E-state index in [1.54, 1.807) is 0 Å². The van der Waals surface area contributed by atoms with Crippen LogP contribution < -0.4 is 5.56 Å². The number of halogens is 3. The highest BCUT2D eigenvalue weighted by atomic mass is 35.5. The van der Waals surface area contributed by atoms with Gasteiger partial charge in [-0.15, -0.1) is 0 Å². The van der Waals surface area contributed by atoms with Crippen LogP contribution in [0.3, 0.4) is 0 Å². The van der Waals surface area contributed by atoms with Gasteiger partial charge in [0, 0.05) is 23.4 Å². The minimum Gasteiger partial charge on any atom is -0.465 e. The molecule has 7 heteroatoms. The number of benzene rings is 1. The summed E-state index contributed by atoms with van der Waals surface area (Å²) in [6.07, 6.45) is 1.38. The first-order valence-corrected chi connectivity index (χ1v) is 6.53. The van der Waals surface area contributed by atoms with E-state index in [0.717, 1.165) is 6.07 Å². The van der Waals surface area contributed by atoms with E-state index in [1.807, 2.05) is 0 Å². The van der Waals surface area contributed by atoms with Crippen LogP contribution >= 0.6 is 34.8 Å². The van der Waals surface area contributed by atoms with Crippen LogP contribution in [0.4, 0.5) is 0 Å². The number of aromatic amines is 1. The van der Waals surface area contributed by atoms with Crippen molar-refractivity contribution in [2.45, 2.75) is 0 Å². The molecule has 0 saturated heterocycles. The maximum atomic E-state index is 11.7. The van der Waals surface area contributed by atoms with Crippen LogP contribution in [0.2, 0.25) is 15.1 Å². The third-order valence-electron chi connectivity index (χ3n) is 2.63. The Labute approximate surface area is 129 Å². The van der Waals surface area contributed by atoms with E-state index in [-0.39, 0.29) is 10.6 Å². The Kier molecular flexibility index (Phi) is 4.38. The van der Waals surface area contributed by atoms with Crippen LogP contribution in [0.1, 0.15) is 10.4 Å². The highest BCUT2D eigenvalue weighted by Crippen LogP contribution is 2.36. The summed E-state index contributed by atoms with van der Waals surface area (Å²) >= 11 is 17.9. The lowest BCUT2D eigenvalue weighted by atomic mass is 10.0. The number of esters is 1. The zero-order chi connectivity index (χ0) is 14.9. The molecule has 1 heterocycles. The molecule has 0 bridgehead atoms. The fraction of sp³-hybridized carbons (Fsp3) is 0.0769. The van der Waals surface area contributed by atoms with Crippen LogP contribution in [-0.2, 0) is 4.74 Å². The number of carbonyl (C=O) groups excluding carboxylic acids is 1. The van der Waals surface area contributed by atoms with Crippen LogP contribution in [-0.4, -0.2) is 18.1 Å². The minimum atomic E-state index is -0.645. The molecule has 0 radical (unpaired) electrons. The quantitative estimate of drug-likeness (QED) is 0.672. The lowest BCUT2D eigenvalue weighted by Gasteiger charge is -2.10. The number of aromatic nitrogens is 1. The van der Waals surface area contributed by atoms with Gasteiger partial charge in [-0.3, -0.25) is 4.79 Å². The number of pyridine rings is 1. The second kappa shape index (κ2) is 5.87. The van der Waals surface area contributed by atoms with Crippen molar-refractivity contribution < 1.29 is 9.53 Å². The number of hydrogen-bond donors (Lipinski definition) is 1. The largest absolute Gasteiger partial charge is 0.465 e. The molecule has 0 aliphatic rings.